The van der Waals surface area contributed by atoms with Crippen LogP contribution in [0.1, 0.15) is 40.1 Å². The van der Waals surface area contributed by atoms with Crippen molar-refractivity contribution in [1.29, 1.82) is 0 Å². The van der Waals surface area contributed by atoms with E-state index in [1.54, 1.807) is 18.2 Å². The summed E-state index contributed by atoms with van der Waals surface area (Å²) in [7, 11) is 0. The maximum absolute atomic E-state index is 13.9. The average Bonchev–Trinajstić information content (AvgIpc) is 3.44. The molecule has 0 bridgehead atoms. The van der Waals surface area contributed by atoms with Gasteiger partial charge in [0.15, 0.2) is 23.2 Å². The zero-order valence-corrected chi connectivity index (χ0v) is 18.6. The van der Waals surface area contributed by atoms with E-state index in [0.717, 1.165) is 18.2 Å². The topological polar surface area (TPSA) is 77.4 Å². The number of fused-ring (bicyclic) bond motifs is 2. The lowest BCUT2D eigenvalue weighted by Crippen LogP contribution is -2.35. The van der Waals surface area contributed by atoms with Crippen LogP contribution in [0, 0.1) is 0 Å². The van der Waals surface area contributed by atoms with Crippen LogP contribution in [-0.4, -0.2) is 28.7 Å². The third kappa shape index (κ3) is 4.50. The van der Waals surface area contributed by atoms with Crippen molar-refractivity contribution in [3.63, 3.8) is 0 Å². The molecular formula is C22H15ClF6N4O3. The highest BCUT2D eigenvalue weighted by Crippen LogP contribution is 2.45. The second-order valence-electron chi connectivity index (χ2n) is 8.11. The molecule has 0 aliphatic carbocycles. The summed E-state index contributed by atoms with van der Waals surface area (Å²) in [6, 6.07) is 5.31. The first-order chi connectivity index (χ1) is 16.9. The molecule has 0 radical (unpaired) electrons. The molecule has 7 nitrogen and oxygen atoms in total. The summed E-state index contributed by atoms with van der Waals surface area (Å²) in [6.07, 6.45) is -9.82. The van der Waals surface area contributed by atoms with Gasteiger partial charge in [0.2, 0.25) is 6.79 Å². The van der Waals surface area contributed by atoms with Crippen LogP contribution in [0.3, 0.4) is 0 Å². The Morgan fingerprint density at radius 2 is 1.81 bits per heavy atom. The number of rotatable bonds is 3. The highest BCUT2D eigenvalue weighted by atomic mass is 35.5. The number of nitrogens with zero attached hydrogens (tertiary/aromatic N) is 2. The van der Waals surface area contributed by atoms with Gasteiger partial charge in [-0.1, -0.05) is 17.7 Å². The van der Waals surface area contributed by atoms with Crippen molar-refractivity contribution >= 4 is 29.0 Å². The summed E-state index contributed by atoms with van der Waals surface area (Å²) < 4.78 is 92.0. The number of hydrogen-bond donors (Lipinski definition) is 2. The smallest absolute Gasteiger partial charge is 0.416 e. The minimum absolute atomic E-state index is 0.00317. The molecule has 1 aromatic heterocycles. The van der Waals surface area contributed by atoms with Gasteiger partial charge in [0, 0.05) is 12.5 Å². The number of hydrogen-bond acceptors (Lipinski definition) is 5. The molecule has 0 saturated carbocycles. The molecular weight excluding hydrogens is 518 g/mol. The van der Waals surface area contributed by atoms with Crippen LogP contribution < -0.4 is 20.1 Å². The SMILES string of the molecule is O=C(Nc1cc(C(F)(F)F)ccc1Cl)c1cc2n(n1)[C@@H](C(F)(F)F)C[C@H](c1ccc3c(c1)OCO3)N2. The summed E-state index contributed by atoms with van der Waals surface area (Å²) in [5.74, 6) is -0.249. The number of ether oxygens (including phenoxy) is 2. The van der Waals surface area contributed by atoms with E-state index in [1.165, 1.54) is 0 Å². The molecule has 36 heavy (non-hydrogen) atoms. The number of anilines is 2. The molecule has 2 aliphatic rings. The number of nitrogens with one attached hydrogen (secondary N) is 2. The van der Waals surface area contributed by atoms with Gasteiger partial charge in [0.05, 0.1) is 22.3 Å². The summed E-state index contributed by atoms with van der Waals surface area (Å²) in [6.45, 7) is 0.00317. The van der Waals surface area contributed by atoms with Crippen LogP contribution >= 0.6 is 11.6 Å². The molecule has 2 N–H and O–H groups in total. The molecule has 0 saturated heterocycles. The van der Waals surface area contributed by atoms with Crippen molar-refractivity contribution in [2.75, 3.05) is 17.4 Å². The van der Waals surface area contributed by atoms with Gasteiger partial charge in [-0.05, 0) is 35.9 Å². The molecule has 2 aliphatic heterocycles. The van der Waals surface area contributed by atoms with E-state index in [2.05, 4.69) is 15.7 Å². The quantitative estimate of drug-likeness (QED) is 0.393. The first kappa shape index (κ1) is 24.1. The van der Waals surface area contributed by atoms with Crippen molar-refractivity contribution in [3.8, 4) is 11.5 Å². The van der Waals surface area contributed by atoms with Crippen LogP contribution in [0.25, 0.3) is 0 Å². The Balaban J connectivity index is 1.44. The Morgan fingerprint density at radius 1 is 1.06 bits per heavy atom. The monoisotopic (exact) mass is 532 g/mol. The van der Waals surface area contributed by atoms with Crippen LogP contribution in [0.4, 0.5) is 37.8 Å². The first-order valence-electron chi connectivity index (χ1n) is 10.4. The van der Waals surface area contributed by atoms with E-state index in [1.807, 2.05) is 0 Å². The van der Waals surface area contributed by atoms with E-state index < -0.39 is 48.0 Å². The molecule has 5 rings (SSSR count). The van der Waals surface area contributed by atoms with Gasteiger partial charge in [-0.3, -0.25) is 4.79 Å². The van der Waals surface area contributed by atoms with Crippen molar-refractivity contribution in [2.24, 2.45) is 0 Å². The molecule has 14 heteroatoms. The Bertz CT molecular complexity index is 1340. The molecule has 2 atom stereocenters. The van der Waals surface area contributed by atoms with E-state index in [-0.39, 0.29) is 23.3 Å². The molecule has 1 amide bonds. The fraction of sp³-hybridized carbons (Fsp3) is 0.273. The zero-order valence-electron chi connectivity index (χ0n) is 17.9. The fourth-order valence-electron chi connectivity index (χ4n) is 4.02. The number of benzene rings is 2. The minimum atomic E-state index is -4.70. The van der Waals surface area contributed by atoms with Gasteiger partial charge in [0.25, 0.3) is 5.91 Å². The first-order valence-corrected chi connectivity index (χ1v) is 10.8. The van der Waals surface area contributed by atoms with Gasteiger partial charge in [-0.15, -0.1) is 0 Å². The van der Waals surface area contributed by atoms with E-state index in [9.17, 15) is 31.1 Å². The Labute approximate surface area is 203 Å². The van der Waals surface area contributed by atoms with E-state index in [4.69, 9.17) is 21.1 Å². The molecule has 2 aromatic carbocycles. The van der Waals surface area contributed by atoms with Crippen LogP contribution in [0.5, 0.6) is 11.5 Å². The lowest BCUT2D eigenvalue weighted by atomic mass is 9.96. The highest BCUT2D eigenvalue weighted by Gasteiger charge is 2.47. The van der Waals surface area contributed by atoms with Gasteiger partial charge < -0.3 is 20.1 Å². The molecule has 190 valence electrons. The normalized spacial score (nSPS) is 19.0. The summed E-state index contributed by atoms with van der Waals surface area (Å²) in [5.41, 5.74) is -1.35. The standard InChI is InChI=1S/C22H15ClF6N4O3/c23-12-3-2-11(21(24,25)26)6-14(12)31-20(34)15-8-19-30-13(7-18(22(27,28)29)33(19)32-15)10-1-4-16-17(5-10)36-9-35-16/h1-6,8,13,18,30H,7,9H2,(H,31,34)/t13-,18-/m1/s1. The van der Waals surface area contributed by atoms with Crippen LogP contribution in [0.15, 0.2) is 42.5 Å². The van der Waals surface area contributed by atoms with Gasteiger partial charge in [-0.2, -0.15) is 31.4 Å². The van der Waals surface area contributed by atoms with Crippen LogP contribution in [-0.2, 0) is 6.18 Å². The van der Waals surface area contributed by atoms with Gasteiger partial charge >= 0.3 is 12.4 Å². The number of carbonyl (C=O) groups is 1. The predicted octanol–water partition coefficient (Wildman–Crippen LogP) is 6.20. The third-order valence-corrected chi connectivity index (χ3v) is 6.09. The molecule has 3 aromatic rings. The van der Waals surface area contributed by atoms with Crippen molar-refractivity contribution in [1.82, 2.24) is 9.78 Å². The van der Waals surface area contributed by atoms with Gasteiger partial charge in [-0.25, -0.2) is 4.68 Å². The minimum Gasteiger partial charge on any atom is -0.454 e. The van der Waals surface area contributed by atoms with E-state index in [0.29, 0.717) is 27.8 Å². The second-order valence-corrected chi connectivity index (χ2v) is 8.52. The third-order valence-electron chi connectivity index (χ3n) is 5.76. The Morgan fingerprint density at radius 3 is 2.53 bits per heavy atom. The summed E-state index contributed by atoms with van der Waals surface area (Å²) in [4.78, 5) is 12.7. The van der Waals surface area contributed by atoms with Gasteiger partial charge in [0.1, 0.15) is 5.82 Å². The predicted molar refractivity (Wildman–Crippen MR) is 115 cm³/mol. The molecule has 0 fully saturated rings. The average molecular weight is 533 g/mol. The summed E-state index contributed by atoms with van der Waals surface area (Å²) in [5, 5.41) is 8.73. The fourth-order valence-corrected chi connectivity index (χ4v) is 4.18. The largest absolute Gasteiger partial charge is 0.454 e. The molecule has 0 unspecified atom stereocenters. The van der Waals surface area contributed by atoms with Crippen LogP contribution in [0.2, 0.25) is 5.02 Å². The lowest BCUT2D eigenvalue weighted by molar-refractivity contribution is -0.173. The Hall–Kier alpha value is -3.61. The zero-order chi connectivity index (χ0) is 25.8. The molecule has 0 spiro atoms. The number of halogens is 7. The van der Waals surface area contributed by atoms with Crippen molar-refractivity contribution in [2.45, 2.75) is 30.9 Å². The number of amides is 1. The Kier molecular flexibility index (Phi) is 5.69. The van der Waals surface area contributed by atoms with Crippen molar-refractivity contribution in [3.05, 3.63) is 64.3 Å². The summed E-state index contributed by atoms with van der Waals surface area (Å²) >= 11 is 5.90. The maximum atomic E-state index is 13.9. The highest BCUT2D eigenvalue weighted by molar-refractivity contribution is 6.33. The van der Waals surface area contributed by atoms with Crippen molar-refractivity contribution < 1.29 is 40.6 Å². The second kappa shape index (κ2) is 8.50. The number of aromatic nitrogens is 2. The lowest BCUT2D eigenvalue weighted by Gasteiger charge is -2.33. The maximum Gasteiger partial charge on any atom is 0.416 e. The van der Waals surface area contributed by atoms with E-state index >= 15 is 0 Å². The molecule has 3 heterocycles. The number of carbonyl (C=O) groups excluding carboxylic acids is 1. The number of alkyl halides is 6.